The predicted molar refractivity (Wildman–Crippen MR) is 97.0 cm³/mol. The second-order valence-corrected chi connectivity index (χ2v) is 6.87. The van der Waals surface area contributed by atoms with Crippen molar-refractivity contribution in [2.75, 3.05) is 5.32 Å². The number of carbonyl (C=O) groups excluding carboxylic acids is 1. The Kier molecular flexibility index (Phi) is 5.22. The Balaban J connectivity index is 1.80. The van der Waals surface area contributed by atoms with Crippen LogP contribution < -0.4 is 5.32 Å². The van der Waals surface area contributed by atoms with Gasteiger partial charge in [-0.2, -0.15) is 13.2 Å². The van der Waals surface area contributed by atoms with Crippen LogP contribution in [-0.4, -0.2) is 10.9 Å². The average Bonchev–Trinajstić information content (AvgIpc) is 3.05. The molecule has 3 aromatic rings. The van der Waals surface area contributed by atoms with E-state index in [9.17, 15) is 18.0 Å². The fourth-order valence-corrected chi connectivity index (χ4v) is 3.14. The van der Waals surface area contributed by atoms with Crippen LogP contribution in [0, 0.1) is 0 Å². The van der Waals surface area contributed by atoms with Crippen LogP contribution >= 0.6 is 34.5 Å². The molecular weight excluding hydrogens is 408 g/mol. The summed E-state index contributed by atoms with van der Waals surface area (Å²) in [5.74, 6) is -0.450. The van der Waals surface area contributed by atoms with Gasteiger partial charge in [-0.15, -0.1) is 11.3 Å². The highest BCUT2D eigenvalue weighted by atomic mass is 35.5. The Morgan fingerprint density at radius 1 is 1.08 bits per heavy atom. The van der Waals surface area contributed by atoms with Gasteiger partial charge in [0.1, 0.15) is 0 Å². The third kappa shape index (κ3) is 4.17. The molecular formula is C17H9Cl2F3N2OS. The number of thiazole rings is 1. The first kappa shape index (κ1) is 18.7. The lowest BCUT2D eigenvalue weighted by atomic mass is 10.1. The van der Waals surface area contributed by atoms with Crippen molar-refractivity contribution in [2.45, 2.75) is 6.18 Å². The average molecular weight is 417 g/mol. The molecule has 0 radical (unpaired) electrons. The van der Waals surface area contributed by atoms with Crippen molar-refractivity contribution in [1.29, 1.82) is 0 Å². The van der Waals surface area contributed by atoms with Crippen molar-refractivity contribution in [3.8, 4) is 11.3 Å². The van der Waals surface area contributed by atoms with E-state index in [4.69, 9.17) is 23.2 Å². The van der Waals surface area contributed by atoms with E-state index in [0.717, 1.165) is 23.5 Å². The van der Waals surface area contributed by atoms with E-state index >= 15 is 0 Å². The molecule has 1 heterocycles. The second-order valence-electron chi connectivity index (χ2n) is 5.20. The van der Waals surface area contributed by atoms with E-state index in [2.05, 4.69) is 10.3 Å². The standard InChI is InChI=1S/C17H9Cl2F3N2OS/c18-12-5-4-10(7-13(12)19)15(25)24-16-23-14(8-26-16)9-2-1-3-11(6-9)17(20,21)22/h1-8H,(H,23,24,25). The first-order valence-electron chi connectivity index (χ1n) is 7.13. The molecule has 3 nitrogen and oxygen atoms in total. The minimum Gasteiger partial charge on any atom is -0.298 e. The SMILES string of the molecule is O=C(Nc1nc(-c2cccc(C(F)(F)F)c2)cs1)c1ccc(Cl)c(Cl)c1. The number of aromatic nitrogens is 1. The van der Waals surface area contributed by atoms with E-state index in [1.807, 2.05) is 0 Å². The van der Waals surface area contributed by atoms with Gasteiger partial charge in [0.25, 0.3) is 5.91 Å². The zero-order valence-electron chi connectivity index (χ0n) is 12.8. The number of hydrogen-bond acceptors (Lipinski definition) is 3. The summed E-state index contributed by atoms with van der Waals surface area (Å²) in [5.41, 5.74) is 0.177. The van der Waals surface area contributed by atoms with Crippen molar-refractivity contribution in [3.63, 3.8) is 0 Å². The molecule has 9 heteroatoms. The van der Waals surface area contributed by atoms with Gasteiger partial charge in [0.05, 0.1) is 21.3 Å². The van der Waals surface area contributed by atoms with Gasteiger partial charge in [0.15, 0.2) is 5.13 Å². The van der Waals surface area contributed by atoms with Crippen LogP contribution in [0.5, 0.6) is 0 Å². The third-order valence-electron chi connectivity index (χ3n) is 3.39. The molecule has 0 atom stereocenters. The molecule has 1 N–H and O–H groups in total. The van der Waals surface area contributed by atoms with Gasteiger partial charge in [-0.25, -0.2) is 4.98 Å². The monoisotopic (exact) mass is 416 g/mol. The van der Waals surface area contributed by atoms with Crippen LogP contribution in [0.1, 0.15) is 15.9 Å². The zero-order valence-corrected chi connectivity index (χ0v) is 15.1. The fourth-order valence-electron chi connectivity index (χ4n) is 2.13. The van der Waals surface area contributed by atoms with Crippen LogP contribution in [0.4, 0.5) is 18.3 Å². The Morgan fingerprint density at radius 2 is 1.85 bits per heavy atom. The van der Waals surface area contributed by atoms with Crippen molar-refractivity contribution in [3.05, 3.63) is 69.0 Å². The van der Waals surface area contributed by atoms with Gasteiger partial charge in [-0.05, 0) is 30.3 Å². The van der Waals surface area contributed by atoms with Crippen LogP contribution in [0.25, 0.3) is 11.3 Å². The number of nitrogens with one attached hydrogen (secondary N) is 1. The van der Waals surface area contributed by atoms with Crippen molar-refractivity contribution < 1.29 is 18.0 Å². The lowest BCUT2D eigenvalue weighted by molar-refractivity contribution is -0.137. The number of halogens is 5. The number of alkyl halides is 3. The van der Waals surface area contributed by atoms with Crippen LogP contribution in [-0.2, 0) is 6.18 Å². The number of nitrogens with zero attached hydrogens (tertiary/aromatic N) is 1. The molecule has 0 saturated carbocycles. The number of amides is 1. The maximum atomic E-state index is 12.8. The Bertz CT molecular complexity index is 973. The second kappa shape index (κ2) is 7.26. The summed E-state index contributed by atoms with van der Waals surface area (Å²) < 4.78 is 38.4. The molecule has 2 aromatic carbocycles. The maximum absolute atomic E-state index is 12.8. The zero-order chi connectivity index (χ0) is 18.9. The van der Waals surface area contributed by atoms with Gasteiger partial charge in [0.2, 0.25) is 0 Å². The van der Waals surface area contributed by atoms with E-state index < -0.39 is 17.6 Å². The van der Waals surface area contributed by atoms with Crippen molar-refractivity contribution >= 4 is 45.6 Å². The number of hydrogen-bond donors (Lipinski definition) is 1. The molecule has 0 unspecified atom stereocenters. The number of anilines is 1. The van der Waals surface area contributed by atoms with Gasteiger partial charge in [-0.1, -0.05) is 35.3 Å². The normalized spacial score (nSPS) is 11.4. The molecule has 0 aliphatic heterocycles. The summed E-state index contributed by atoms with van der Waals surface area (Å²) in [6.45, 7) is 0. The van der Waals surface area contributed by atoms with E-state index in [1.165, 1.54) is 30.3 Å². The number of carbonyl (C=O) groups is 1. The van der Waals surface area contributed by atoms with Crippen molar-refractivity contribution in [2.24, 2.45) is 0 Å². The van der Waals surface area contributed by atoms with Gasteiger partial charge in [0, 0.05) is 16.5 Å². The summed E-state index contributed by atoms with van der Waals surface area (Å²) in [4.78, 5) is 16.4. The third-order valence-corrected chi connectivity index (χ3v) is 4.89. The number of benzene rings is 2. The minimum atomic E-state index is -4.43. The summed E-state index contributed by atoms with van der Waals surface area (Å²) >= 11 is 12.8. The Hall–Kier alpha value is -2.09. The summed E-state index contributed by atoms with van der Waals surface area (Å²) in [6, 6.07) is 9.25. The molecule has 3 rings (SSSR count). The first-order valence-corrected chi connectivity index (χ1v) is 8.77. The lowest BCUT2D eigenvalue weighted by Crippen LogP contribution is -2.11. The van der Waals surface area contributed by atoms with Crippen LogP contribution in [0.15, 0.2) is 47.8 Å². The smallest absolute Gasteiger partial charge is 0.298 e. The first-order chi connectivity index (χ1) is 12.2. The molecule has 0 aliphatic rings. The summed E-state index contributed by atoms with van der Waals surface area (Å²) in [6.07, 6.45) is -4.43. The highest BCUT2D eigenvalue weighted by molar-refractivity contribution is 7.14. The van der Waals surface area contributed by atoms with Gasteiger partial charge >= 0.3 is 6.18 Å². The molecule has 0 spiro atoms. The lowest BCUT2D eigenvalue weighted by Gasteiger charge is -2.07. The molecule has 0 saturated heterocycles. The fraction of sp³-hybridized carbons (Fsp3) is 0.0588. The molecule has 26 heavy (non-hydrogen) atoms. The summed E-state index contributed by atoms with van der Waals surface area (Å²) in [7, 11) is 0. The minimum absolute atomic E-state index is 0.239. The predicted octanol–water partition coefficient (Wildman–Crippen LogP) is 6.39. The largest absolute Gasteiger partial charge is 0.416 e. The maximum Gasteiger partial charge on any atom is 0.416 e. The quantitative estimate of drug-likeness (QED) is 0.537. The molecule has 1 aromatic heterocycles. The molecule has 0 fully saturated rings. The van der Waals surface area contributed by atoms with Gasteiger partial charge in [-0.3, -0.25) is 10.1 Å². The van der Waals surface area contributed by atoms with E-state index in [-0.39, 0.29) is 15.7 Å². The van der Waals surface area contributed by atoms with Crippen molar-refractivity contribution in [1.82, 2.24) is 4.98 Å². The Morgan fingerprint density at radius 3 is 2.54 bits per heavy atom. The molecule has 0 aliphatic carbocycles. The highest BCUT2D eigenvalue weighted by Crippen LogP contribution is 2.33. The molecule has 0 bridgehead atoms. The highest BCUT2D eigenvalue weighted by Gasteiger charge is 2.30. The molecule has 134 valence electrons. The Labute approximate surface area is 160 Å². The summed E-state index contributed by atoms with van der Waals surface area (Å²) in [5, 5.41) is 4.97. The van der Waals surface area contributed by atoms with Gasteiger partial charge < -0.3 is 0 Å². The van der Waals surface area contributed by atoms with Crippen LogP contribution in [0.2, 0.25) is 10.0 Å². The van der Waals surface area contributed by atoms with E-state index in [1.54, 1.807) is 5.38 Å². The van der Waals surface area contributed by atoms with E-state index in [0.29, 0.717) is 16.3 Å². The number of rotatable bonds is 3. The molecule has 1 amide bonds. The topological polar surface area (TPSA) is 42.0 Å². The van der Waals surface area contributed by atoms with Crippen LogP contribution in [0.3, 0.4) is 0 Å².